The molecule has 1 aliphatic heterocycles. The van der Waals surface area contributed by atoms with E-state index in [0.717, 1.165) is 19.4 Å². The molecule has 0 bridgehead atoms. The SMILES string of the molecule is O=C(O)CCC1CCCN1C(=S)C(=O)c1ccccc1. The van der Waals surface area contributed by atoms with Crippen molar-refractivity contribution in [2.45, 2.75) is 31.7 Å². The molecule has 0 aliphatic carbocycles. The lowest BCUT2D eigenvalue weighted by Crippen LogP contribution is -2.39. The van der Waals surface area contributed by atoms with E-state index in [1.807, 2.05) is 23.1 Å². The number of carboxylic acid groups (broad SMARTS) is 1. The third-order valence-corrected chi connectivity index (χ3v) is 3.98. The van der Waals surface area contributed by atoms with E-state index in [-0.39, 0.29) is 18.2 Å². The molecule has 1 fully saturated rings. The van der Waals surface area contributed by atoms with Crippen LogP contribution in [0.4, 0.5) is 0 Å². The molecule has 1 saturated heterocycles. The van der Waals surface area contributed by atoms with Crippen LogP contribution in [0, 0.1) is 0 Å². The first-order chi connectivity index (χ1) is 9.59. The molecule has 1 N–H and O–H groups in total. The fourth-order valence-electron chi connectivity index (χ4n) is 2.54. The lowest BCUT2D eigenvalue weighted by molar-refractivity contribution is -0.137. The lowest BCUT2D eigenvalue weighted by Gasteiger charge is -2.26. The molecule has 1 aromatic carbocycles. The molecular weight excluding hydrogens is 274 g/mol. The largest absolute Gasteiger partial charge is 0.481 e. The number of benzene rings is 1. The maximum atomic E-state index is 12.3. The smallest absolute Gasteiger partial charge is 0.303 e. The van der Waals surface area contributed by atoms with Crippen LogP contribution in [0.5, 0.6) is 0 Å². The zero-order valence-electron chi connectivity index (χ0n) is 11.1. The molecule has 0 radical (unpaired) electrons. The molecule has 0 spiro atoms. The van der Waals surface area contributed by atoms with Gasteiger partial charge in [-0.05, 0) is 19.3 Å². The highest BCUT2D eigenvalue weighted by Crippen LogP contribution is 2.23. The first-order valence-electron chi connectivity index (χ1n) is 6.71. The molecule has 1 aliphatic rings. The third kappa shape index (κ3) is 3.42. The van der Waals surface area contributed by atoms with Crippen LogP contribution in [0.1, 0.15) is 36.0 Å². The molecule has 0 amide bonds. The molecule has 1 unspecified atom stereocenters. The third-order valence-electron chi connectivity index (χ3n) is 3.56. The molecule has 1 atom stereocenters. The number of thiocarbonyl (C=S) groups is 1. The zero-order valence-corrected chi connectivity index (χ0v) is 11.9. The van der Waals surface area contributed by atoms with Crippen LogP contribution in [-0.4, -0.2) is 39.3 Å². The van der Waals surface area contributed by atoms with Crippen LogP contribution in [-0.2, 0) is 4.79 Å². The second kappa shape index (κ2) is 6.61. The Balaban J connectivity index is 2.04. The van der Waals surface area contributed by atoms with E-state index in [1.165, 1.54) is 0 Å². The summed E-state index contributed by atoms with van der Waals surface area (Å²) < 4.78 is 0. The highest BCUT2D eigenvalue weighted by molar-refractivity contribution is 7.82. The molecule has 5 heteroatoms. The van der Waals surface area contributed by atoms with Gasteiger partial charge in [-0.1, -0.05) is 42.5 Å². The van der Waals surface area contributed by atoms with Gasteiger partial charge in [-0.2, -0.15) is 0 Å². The molecule has 4 nitrogen and oxygen atoms in total. The molecular formula is C15H17NO3S. The fourth-order valence-corrected chi connectivity index (χ4v) is 2.89. The van der Waals surface area contributed by atoms with E-state index < -0.39 is 5.97 Å². The summed E-state index contributed by atoms with van der Waals surface area (Å²) in [5.41, 5.74) is 0.585. The number of hydrogen-bond acceptors (Lipinski definition) is 3. The van der Waals surface area contributed by atoms with Gasteiger partial charge in [0.1, 0.15) is 0 Å². The number of rotatable bonds is 5. The summed E-state index contributed by atoms with van der Waals surface area (Å²) in [6.45, 7) is 0.738. The Kier molecular flexibility index (Phi) is 4.84. The van der Waals surface area contributed by atoms with Gasteiger partial charge in [0.25, 0.3) is 0 Å². The minimum Gasteiger partial charge on any atom is -0.481 e. The van der Waals surface area contributed by atoms with Gasteiger partial charge in [0.15, 0.2) is 4.99 Å². The summed E-state index contributed by atoms with van der Waals surface area (Å²) in [6.07, 6.45) is 2.50. The Morgan fingerprint density at radius 3 is 2.65 bits per heavy atom. The van der Waals surface area contributed by atoms with E-state index in [1.54, 1.807) is 12.1 Å². The van der Waals surface area contributed by atoms with Crippen LogP contribution in [0.15, 0.2) is 30.3 Å². The van der Waals surface area contributed by atoms with Crippen LogP contribution in [0.2, 0.25) is 0 Å². The van der Waals surface area contributed by atoms with Gasteiger partial charge in [0, 0.05) is 24.6 Å². The Labute approximate surface area is 123 Å². The molecule has 1 heterocycles. The van der Waals surface area contributed by atoms with Crippen molar-refractivity contribution >= 4 is 29.0 Å². The summed E-state index contributed by atoms with van der Waals surface area (Å²) in [7, 11) is 0. The van der Waals surface area contributed by atoms with Crippen molar-refractivity contribution in [3.8, 4) is 0 Å². The number of ketones is 1. The molecule has 0 saturated carbocycles. The zero-order chi connectivity index (χ0) is 14.5. The number of nitrogens with zero attached hydrogens (tertiary/aromatic N) is 1. The number of carbonyl (C=O) groups excluding carboxylic acids is 1. The number of hydrogen-bond donors (Lipinski definition) is 1. The minimum absolute atomic E-state index is 0.0752. The lowest BCUT2D eigenvalue weighted by atomic mass is 10.1. The summed E-state index contributed by atoms with van der Waals surface area (Å²) in [5, 5.41) is 8.77. The molecule has 106 valence electrons. The molecule has 0 aromatic heterocycles. The predicted molar refractivity (Wildman–Crippen MR) is 80.0 cm³/mol. The van der Waals surface area contributed by atoms with Crippen molar-refractivity contribution in [2.24, 2.45) is 0 Å². The number of carbonyl (C=O) groups is 2. The van der Waals surface area contributed by atoms with Crippen molar-refractivity contribution < 1.29 is 14.7 Å². The minimum atomic E-state index is -0.808. The maximum absolute atomic E-state index is 12.3. The number of aliphatic carboxylic acids is 1. The monoisotopic (exact) mass is 291 g/mol. The van der Waals surface area contributed by atoms with Crippen LogP contribution in [0.25, 0.3) is 0 Å². The highest BCUT2D eigenvalue weighted by Gasteiger charge is 2.30. The predicted octanol–water partition coefficient (Wildman–Crippen LogP) is 2.53. The number of Topliss-reactive ketones (excluding diaryl/α,β-unsaturated/α-hetero) is 1. The first kappa shape index (κ1) is 14.7. The Morgan fingerprint density at radius 2 is 2.00 bits per heavy atom. The average molecular weight is 291 g/mol. The number of likely N-dealkylation sites (tertiary alicyclic amines) is 1. The van der Waals surface area contributed by atoms with E-state index >= 15 is 0 Å². The van der Waals surface area contributed by atoms with Crippen molar-refractivity contribution in [3.63, 3.8) is 0 Å². The molecule has 2 rings (SSSR count). The molecule has 1 aromatic rings. The topological polar surface area (TPSA) is 57.6 Å². The van der Waals surface area contributed by atoms with E-state index in [9.17, 15) is 9.59 Å². The van der Waals surface area contributed by atoms with Crippen LogP contribution < -0.4 is 0 Å². The van der Waals surface area contributed by atoms with Gasteiger partial charge in [-0.25, -0.2) is 0 Å². The summed E-state index contributed by atoms with van der Waals surface area (Å²) in [4.78, 5) is 25.2. The standard InChI is InChI=1S/C15H17NO3S/c17-13(18)9-8-12-7-4-10-16(12)15(20)14(19)11-5-2-1-3-6-11/h1-3,5-6,12H,4,7-10H2,(H,17,18). The summed E-state index contributed by atoms with van der Waals surface area (Å²) in [5.74, 6) is -0.958. The average Bonchev–Trinajstić information content (AvgIpc) is 2.93. The Morgan fingerprint density at radius 1 is 1.30 bits per heavy atom. The first-order valence-corrected chi connectivity index (χ1v) is 7.12. The van der Waals surface area contributed by atoms with Crippen molar-refractivity contribution in [1.82, 2.24) is 4.90 Å². The second-order valence-corrected chi connectivity index (χ2v) is 5.31. The van der Waals surface area contributed by atoms with Gasteiger partial charge in [-0.3, -0.25) is 9.59 Å². The van der Waals surface area contributed by atoms with Gasteiger partial charge in [-0.15, -0.1) is 0 Å². The van der Waals surface area contributed by atoms with E-state index in [2.05, 4.69) is 0 Å². The Hall–Kier alpha value is -1.75. The molecule has 20 heavy (non-hydrogen) atoms. The van der Waals surface area contributed by atoms with Gasteiger partial charge in [0.05, 0.1) is 0 Å². The van der Waals surface area contributed by atoms with Gasteiger partial charge >= 0.3 is 5.97 Å². The van der Waals surface area contributed by atoms with Crippen LogP contribution >= 0.6 is 12.2 Å². The summed E-state index contributed by atoms with van der Waals surface area (Å²) >= 11 is 5.30. The van der Waals surface area contributed by atoms with Crippen molar-refractivity contribution in [2.75, 3.05) is 6.54 Å². The quantitative estimate of drug-likeness (QED) is 0.667. The fraction of sp³-hybridized carbons (Fsp3) is 0.400. The van der Waals surface area contributed by atoms with Gasteiger partial charge < -0.3 is 10.0 Å². The highest BCUT2D eigenvalue weighted by atomic mass is 32.1. The van der Waals surface area contributed by atoms with Crippen molar-refractivity contribution in [3.05, 3.63) is 35.9 Å². The summed E-state index contributed by atoms with van der Waals surface area (Å²) in [6, 6.07) is 9.04. The van der Waals surface area contributed by atoms with E-state index in [0.29, 0.717) is 17.0 Å². The van der Waals surface area contributed by atoms with Crippen molar-refractivity contribution in [1.29, 1.82) is 0 Å². The Bertz CT molecular complexity index is 515. The second-order valence-electron chi connectivity index (χ2n) is 4.92. The normalized spacial score (nSPS) is 18.0. The van der Waals surface area contributed by atoms with Crippen LogP contribution in [0.3, 0.4) is 0 Å². The van der Waals surface area contributed by atoms with E-state index in [4.69, 9.17) is 17.3 Å². The number of carboxylic acids is 1. The van der Waals surface area contributed by atoms with Gasteiger partial charge in [0.2, 0.25) is 5.78 Å². The maximum Gasteiger partial charge on any atom is 0.303 e.